The number of halogens is 1. The lowest BCUT2D eigenvalue weighted by atomic mass is 10.1. The van der Waals surface area contributed by atoms with E-state index in [2.05, 4.69) is 17.0 Å². The molecule has 1 aliphatic rings. The zero-order valence-electron chi connectivity index (χ0n) is 9.60. The molecule has 0 unspecified atom stereocenters. The molecular formula is C13H18FNO. The van der Waals surface area contributed by atoms with Crippen LogP contribution in [0.2, 0.25) is 0 Å². The first-order valence-electron chi connectivity index (χ1n) is 5.77. The van der Waals surface area contributed by atoms with Gasteiger partial charge in [-0.25, -0.2) is 4.39 Å². The molecular weight excluding hydrogens is 205 g/mol. The molecule has 0 aromatic heterocycles. The number of morpholine rings is 1. The van der Waals surface area contributed by atoms with Crippen molar-refractivity contribution >= 4 is 0 Å². The van der Waals surface area contributed by atoms with Crippen molar-refractivity contribution in [2.45, 2.75) is 25.7 Å². The first-order valence-corrected chi connectivity index (χ1v) is 5.77. The van der Waals surface area contributed by atoms with E-state index in [0.717, 1.165) is 13.1 Å². The van der Waals surface area contributed by atoms with Crippen molar-refractivity contribution in [1.82, 2.24) is 4.90 Å². The Labute approximate surface area is 96.0 Å². The summed E-state index contributed by atoms with van der Waals surface area (Å²) >= 11 is 0. The van der Waals surface area contributed by atoms with Gasteiger partial charge >= 0.3 is 0 Å². The highest BCUT2D eigenvalue weighted by molar-refractivity contribution is 5.14. The molecule has 1 aromatic carbocycles. The van der Waals surface area contributed by atoms with Crippen LogP contribution in [0.1, 0.15) is 12.5 Å². The molecule has 1 aromatic rings. The van der Waals surface area contributed by atoms with E-state index in [1.165, 1.54) is 5.56 Å². The van der Waals surface area contributed by atoms with E-state index in [1.54, 1.807) is 6.92 Å². The van der Waals surface area contributed by atoms with E-state index >= 15 is 0 Å². The molecule has 1 heterocycles. The van der Waals surface area contributed by atoms with E-state index < -0.39 is 6.17 Å². The molecule has 1 saturated heterocycles. The minimum Gasteiger partial charge on any atom is -0.373 e. The summed E-state index contributed by atoms with van der Waals surface area (Å²) in [6.45, 7) is 4.65. The third-order valence-corrected chi connectivity index (χ3v) is 2.94. The van der Waals surface area contributed by atoms with Crippen LogP contribution in [-0.4, -0.2) is 36.9 Å². The van der Waals surface area contributed by atoms with E-state index in [0.29, 0.717) is 13.2 Å². The van der Waals surface area contributed by atoms with E-state index in [1.807, 2.05) is 18.2 Å². The average molecular weight is 223 g/mol. The molecule has 3 heteroatoms. The zero-order valence-corrected chi connectivity index (χ0v) is 9.60. The number of hydrogen-bond acceptors (Lipinski definition) is 2. The van der Waals surface area contributed by atoms with Gasteiger partial charge in [-0.15, -0.1) is 0 Å². The Kier molecular flexibility index (Phi) is 3.91. The predicted molar refractivity (Wildman–Crippen MR) is 62.0 cm³/mol. The summed E-state index contributed by atoms with van der Waals surface area (Å²) in [5.41, 5.74) is 1.27. The molecule has 0 bridgehead atoms. The molecule has 16 heavy (non-hydrogen) atoms. The quantitative estimate of drug-likeness (QED) is 0.779. The van der Waals surface area contributed by atoms with Crippen LogP contribution in [0.5, 0.6) is 0 Å². The van der Waals surface area contributed by atoms with Crippen LogP contribution < -0.4 is 0 Å². The second-order valence-electron chi connectivity index (χ2n) is 4.31. The van der Waals surface area contributed by atoms with Gasteiger partial charge in [-0.05, 0) is 12.5 Å². The van der Waals surface area contributed by atoms with Gasteiger partial charge in [0.05, 0.1) is 6.61 Å². The minimum atomic E-state index is -0.890. The maximum Gasteiger partial charge on any atom is 0.125 e. The lowest BCUT2D eigenvalue weighted by Gasteiger charge is -2.33. The fourth-order valence-corrected chi connectivity index (χ4v) is 1.99. The number of hydrogen-bond donors (Lipinski definition) is 0. The molecule has 2 rings (SSSR count). The van der Waals surface area contributed by atoms with Crippen LogP contribution in [0, 0.1) is 0 Å². The fourth-order valence-electron chi connectivity index (χ4n) is 1.99. The molecule has 2 atom stereocenters. The summed E-state index contributed by atoms with van der Waals surface area (Å²) < 4.78 is 18.5. The molecule has 0 spiro atoms. The summed E-state index contributed by atoms with van der Waals surface area (Å²) in [6, 6.07) is 10.3. The van der Waals surface area contributed by atoms with Gasteiger partial charge in [0.25, 0.3) is 0 Å². The van der Waals surface area contributed by atoms with E-state index in [-0.39, 0.29) is 6.10 Å². The van der Waals surface area contributed by atoms with Gasteiger partial charge in [0.2, 0.25) is 0 Å². The molecule has 88 valence electrons. The third kappa shape index (κ3) is 3.03. The largest absolute Gasteiger partial charge is 0.373 e. The van der Waals surface area contributed by atoms with E-state index in [9.17, 15) is 4.39 Å². The Bertz CT molecular complexity index is 315. The molecule has 1 fully saturated rings. The zero-order chi connectivity index (χ0) is 11.4. The summed E-state index contributed by atoms with van der Waals surface area (Å²) in [5, 5.41) is 0. The highest BCUT2D eigenvalue weighted by atomic mass is 19.1. The minimum absolute atomic E-state index is 0.266. The van der Waals surface area contributed by atoms with Crippen LogP contribution in [0.25, 0.3) is 0 Å². The number of alkyl halides is 1. The number of ether oxygens (including phenoxy) is 1. The standard InChI is InChI=1S/C13H18FNO/c1-11(14)13-10-15(7-8-16-13)9-12-5-3-2-4-6-12/h2-6,11,13H,7-10H2,1H3/t11-,13+/m1/s1. The van der Waals surface area contributed by atoms with Gasteiger partial charge in [-0.1, -0.05) is 30.3 Å². The maximum absolute atomic E-state index is 13.1. The van der Waals surface area contributed by atoms with Gasteiger partial charge in [-0.2, -0.15) is 0 Å². The van der Waals surface area contributed by atoms with Gasteiger partial charge in [0.1, 0.15) is 12.3 Å². The highest BCUT2D eigenvalue weighted by Gasteiger charge is 2.24. The van der Waals surface area contributed by atoms with Crippen molar-refractivity contribution in [3.63, 3.8) is 0 Å². The maximum atomic E-state index is 13.1. The van der Waals surface area contributed by atoms with Crippen LogP contribution >= 0.6 is 0 Å². The lowest BCUT2D eigenvalue weighted by Crippen LogP contribution is -2.45. The Morgan fingerprint density at radius 1 is 1.44 bits per heavy atom. The third-order valence-electron chi connectivity index (χ3n) is 2.94. The number of rotatable bonds is 3. The first-order chi connectivity index (χ1) is 7.75. The van der Waals surface area contributed by atoms with Crippen LogP contribution in [-0.2, 0) is 11.3 Å². The van der Waals surface area contributed by atoms with Gasteiger partial charge < -0.3 is 4.74 Å². The average Bonchev–Trinajstić information content (AvgIpc) is 2.30. The Hall–Kier alpha value is -0.930. The van der Waals surface area contributed by atoms with Crippen LogP contribution in [0.15, 0.2) is 30.3 Å². The first kappa shape index (κ1) is 11.6. The van der Waals surface area contributed by atoms with Crippen molar-refractivity contribution in [2.24, 2.45) is 0 Å². The van der Waals surface area contributed by atoms with Gasteiger partial charge in [0.15, 0.2) is 0 Å². The second kappa shape index (κ2) is 5.41. The molecule has 2 nitrogen and oxygen atoms in total. The van der Waals surface area contributed by atoms with Crippen molar-refractivity contribution in [3.05, 3.63) is 35.9 Å². The molecule has 0 aliphatic carbocycles. The summed E-state index contributed by atoms with van der Waals surface area (Å²) in [7, 11) is 0. The number of benzene rings is 1. The monoisotopic (exact) mass is 223 g/mol. The second-order valence-corrected chi connectivity index (χ2v) is 4.31. The summed E-state index contributed by atoms with van der Waals surface area (Å²) in [4.78, 5) is 2.25. The summed E-state index contributed by atoms with van der Waals surface area (Å²) in [6.07, 6.45) is -1.16. The molecule has 1 aliphatic heterocycles. The Balaban J connectivity index is 1.90. The smallest absolute Gasteiger partial charge is 0.125 e. The van der Waals surface area contributed by atoms with Crippen LogP contribution in [0.4, 0.5) is 4.39 Å². The van der Waals surface area contributed by atoms with Crippen molar-refractivity contribution < 1.29 is 9.13 Å². The SMILES string of the molecule is C[C@@H](F)[C@@H]1CN(Cc2ccccc2)CCO1. The lowest BCUT2D eigenvalue weighted by molar-refractivity contribution is -0.0634. The molecule has 0 radical (unpaired) electrons. The Morgan fingerprint density at radius 3 is 2.88 bits per heavy atom. The van der Waals surface area contributed by atoms with Gasteiger partial charge in [0, 0.05) is 19.6 Å². The van der Waals surface area contributed by atoms with Crippen molar-refractivity contribution in [3.8, 4) is 0 Å². The fraction of sp³-hybridized carbons (Fsp3) is 0.538. The molecule has 0 amide bonds. The van der Waals surface area contributed by atoms with E-state index in [4.69, 9.17) is 4.74 Å². The predicted octanol–water partition coefficient (Wildman–Crippen LogP) is 2.25. The summed E-state index contributed by atoms with van der Waals surface area (Å²) in [5.74, 6) is 0. The Morgan fingerprint density at radius 2 is 2.19 bits per heavy atom. The highest BCUT2D eigenvalue weighted by Crippen LogP contribution is 2.13. The molecule has 0 saturated carbocycles. The van der Waals surface area contributed by atoms with Gasteiger partial charge in [-0.3, -0.25) is 4.90 Å². The van der Waals surface area contributed by atoms with Crippen LogP contribution in [0.3, 0.4) is 0 Å². The van der Waals surface area contributed by atoms with Crippen molar-refractivity contribution in [1.29, 1.82) is 0 Å². The van der Waals surface area contributed by atoms with Crippen molar-refractivity contribution in [2.75, 3.05) is 19.7 Å². The molecule has 0 N–H and O–H groups in total. The number of nitrogens with zero attached hydrogens (tertiary/aromatic N) is 1. The normalized spacial score (nSPS) is 24.2. The topological polar surface area (TPSA) is 12.5 Å².